The lowest BCUT2D eigenvalue weighted by Gasteiger charge is -2.35. The van der Waals surface area contributed by atoms with Crippen LogP contribution in [0.1, 0.15) is 11.7 Å². The topological polar surface area (TPSA) is 38.8 Å². The van der Waals surface area contributed by atoms with Gasteiger partial charge in [-0.2, -0.15) is 11.8 Å². The molecule has 3 saturated heterocycles. The van der Waals surface area contributed by atoms with Gasteiger partial charge in [0.05, 0.1) is 5.69 Å². The summed E-state index contributed by atoms with van der Waals surface area (Å²) in [5.74, 6) is 1.71. The Hall–Kier alpha value is -1.31. The number of carbonyl (C=O) groups is 1. The Balaban J connectivity index is 1.55. The molecule has 24 heavy (non-hydrogen) atoms. The number of piperazine rings is 1. The van der Waals surface area contributed by atoms with E-state index in [1.807, 2.05) is 23.9 Å². The van der Waals surface area contributed by atoms with Crippen LogP contribution in [0.4, 0.5) is 10.1 Å². The summed E-state index contributed by atoms with van der Waals surface area (Å²) in [6.45, 7) is 4.46. The summed E-state index contributed by atoms with van der Waals surface area (Å²) in [7, 11) is 2.09. The molecule has 0 saturated carbocycles. The average Bonchev–Trinajstić information content (AvgIpc) is 2.93. The molecule has 4 rings (SSSR count). The largest absolute Gasteiger partial charge is 0.367 e. The van der Waals surface area contributed by atoms with Gasteiger partial charge in [-0.25, -0.2) is 4.39 Å². The van der Waals surface area contributed by atoms with E-state index in [4.69, 9.17) is 0 Å². The second-order valence-corrected chi connectivity index (χ2v) is 7.89. The number of thioether (sulfide) groups is 1. The van der Waals surface area contributed by atoms with Gasteiger partial charge in [0.1, 0.15) is 18.0 Å². The summed E-state index contributed by atoms with van der Waals surface area (Å²) in [4.78, 5) is 18.7. The molecular formula is C17H23FN4OS. The first-order chi connectivity index (χ1) is 11.6. The Morgan fingerprint density at radius 1 is 1.21 bits per heavy atom. The van der Waals surface area contributed by atoms with Crippen LogP contribution in [-0.2, 0) is 4.79 Å². The first kappa shape index (κ1) is 16.2. The Morgan fingerprint density at radius 2 is 2.00 bits per heavy atom. The highest BCUT2D eigenvalue weighted by Crippen LogP contribution is 2.33. The number of hydrogen-bond acceptors (Lipinski definition) is 5. The molecule has 1 aromatic rings. The van der Waals surface area contributed by atoms with Crippen LogP contribution in [0.15, 0.2) is 18.2 Å². The predicted molar refractivity (Wildman–Crippen MR) is 94.8 cm³/mol. The Labute approximate surface area is 146 Å². The molecule has 1 N–H and O–H groups in total. The van der Waals surface area contributed by atoms with Crippen molar-refractivity contribution in [3.63, 3.8) is 0 Å². The van der Waals surface area contributed by atoms with E-state index in [0.717, 1.165) is 49.8 Å². The lowest BCUT2D eigenvalue weighted by Crippen LogP contribution is -2.44. The van der Waals surface area contributed by atoms with Crippen molar-refractivity contribution in [1.29, 1.82) is 0 Å². The molecule has 0 radical (unpaired) electrons. The normalized spacial score (nSPS) is 28.8. The molecule has 1 amide bonds. The van der Waals surface area contributed by atoms with Gasteiger partial charge in [-0.1, -0.05) is 6.07 Å². The molecule has 3 aliphatic heterocycles. The van der Waals surface area contributed by atoms with Gasteiger partial charge in [0.15, 0.2) is 0 Å². The average molecular weight is 350 g/mol. The Bertz CT molecular complexity index is 635. The zero-order valence-corrected chi connectivity index (χ0v) is 14.7. The minimum atomic E-state index is -0.195. The number of halogens is 1. The minimum absolute atomic E-state index is 0.0655. The molecule has 2 unspecified atom stereocenters. The fourth-order valence-corrected chi connectivity index (χ4v) is 4.81. The van der Waals surface area contributed by atoms with Crippen molar-refractivity contribution in [3.8, 4) is 0 Å². The van der Waals surface area contributed by atoms with Crippen LogP contribution in [0, 0.1) is 5.82 Å². The maximum atomic E-state index is 14.7. The number of anilines is 1. The Kier molecular flexibility index (Phi) is 4.40. The number of amides is 1. The third-order valence-corrected chi connectivity index (χ3v) is 6.24. The molecular weight excluding hydrogens is 327 g/mol. The van der Waals surface area contributed by atoms with Crippen molar-refractivity contribution >= 4 is 23.4 Å². The van der Waals surface area contributed by atoms with Crippen LogP contribution in [0.5, 0.6) is 0 Å². The fraction of sp³-hybridized carbons (Fsp3) is 0.588. The van der Waals surface area contributed by atoms with Crippen molar-refractivity contribution < 1.29 is 9.18 Å². The quantitative estimate of drug-likeness (QED) is 0.866. The molecule has 7 heteroatoms. The molecule has 0 aromatic heterocycles. The summed E-state index contributed by atoms with van der Waals surface area (Å²) < 4.78 is 14.7. The van der Waals surface area contributed by atoms with Crippen LogP contribution in [0.25, 0.3) is 0 Å². The van der Waals surface area contributed by atoms with Gasteiger partial charge in [0.2, 0.25) is 5.91 Å². The van der Waals surface area contributed by atoms with Crippen LogP contribution < -0.4 is 10.2 Å². The van der Waals surface area contributed by atoms with Gasteiger partial charge >= 0.3 is 0 Å². The number of carbonyl (C=O) groups excluding carboxylic acids is 1. The number of fused-ring (bicyclic) bond motifs is 1. The smallest absolute Gasteiger partial charge is 0.239 e. The number of likely N-dealkylation sites (N-methyl/N-ethyl adjacent to an activating group) is 1. The van der Waals surface area contributed by atoms with Crippen molar-refractivity contribution in [2.45, 2.75) is 12.2 Å². The zero-order valence-electron chi connectivity index (χ0n) is 13.9. The highest BCUT2D eigenvalue weighted by Gasteiger charge is 2.42. The molecule has 0 aliphatic carbocycles. The highest BCUT2D eigenvalue weighted by atomic mass is 32.2. The second kappa shape index (κ2) is 6.54. The predicted octanol–water partition coefficient (Wildman–Crippen LogP) is 1.12. The van der Waals surface area contributed by atoms with E-state index in [-0.39, 0.29) is 23.9 Å². The van der Waals surface area contributed by atoms with E-state index < -0.39 is 0 Å². The number of nitrogens with one attached hydrogen (secondary N) is 1. The van der Waals surface area contributed by atoms with Crippen LogP contribution in [0.3, 0.4) is 0 Å². The van der Waals surface area contributed by atoms with E-state index in [9.17, 15) is 9.18 Å². The molecule has 0 spiro atoms. The number of benzene rings is 1. The summed E-state index contributed by atoms with van der Waals surface area (Å²) in [6, 6.07) is 5.36. The first-order valence-corrected chi connectivity index (χ1v) is 9.66. The molecule has 2 atom stereocenters. The monoisotopic (exact) mass is 350 g/mol. The fourth-order valence-electron chi connectivity index (χ4n) is 3.74. The van der Waals surface area contributed by atoms with E-state index >= 15 is 0 Å². The Morgan fingerprint density at radius 3 is 2.75 bits per heavy atom. The number of hydrogen-bond donors (Lipinski definition) is 1. The maximum absolute atomic E-state index is 14.7. The third-order valence-electron chi connectivity index (χ3n) is 5.21. The lowest BCUT2D eigenvalue weighted by atomic mass is 10.1. The van der Waals surface area contributed by atoms with Gasteiger partial charge in [-0.05, 0) is 24.7 Å². The van der Waals surface area contributed by atoms with Crippen molar-refractivity contribution in [2.75, 3.05) is 56.2 Å². The highest BCUT2D eigenvalue weighted by molar-refractivity contribution is 7.99. The van der Waals surface area contributed by atoms with E-state index in [1.165, 1.54) is 0 Å². The SMILES string of the molecule is CN1CCN(c2ccc(C3NC(=O)C4CSCCN43)cc2F)CC1. The van der Waals surface area contributed by atoms with Gasteiger partial charge < -0.3 is 15.1 Å². The second-order valence-electron chi connectivity index (χ2n) is 6.74. The molecule has 0 bridgehead atoms. The summed E-state index contributed by atoms with van der Waals surface area (Å²) in [6.07, 6.45) is -0.195. The van der Waals surface area contributed by atoms with E-state index in [2.05, 4.69) is 27.1 Å². The van der Waals surface area contributed by atoms with Crippen LogP contribution in [-0.4, -0.2) is 73.0 Å². The molecule has 130 valence electrons. The minimum Gasteiger partial charge on any atom is -0.367 e. The standard InChI is InChI=1S/C17H23FN4OS/c1-20-4-6-21(7-5-20)14-3-2-12(10-13(14)18)16-19-17(23)15-11-24-9-8-22(15)16/h2-3,10,15-16H,4-9,11H2,1H3,(H,19,23). The molecule has 3 heterocycles. The van der Waals surface area contributed by atoms with E-state index in [0.29, 0.717) is 5.69 Å². The van der Waals surface area contributed by atoms with Crippen molar-refractivity contribution in [3.05, 3.63) is 29.6 Å². The van der Waals surface area contributed by atoms with Crippen LogP contribution >= 0.6 is 11.8 Å². The van der Waals surface area contributed by atoms with Gasteiger partial charge in [-0.15, -0.1) is 0 Å². The van der Waals surface area contributed by atoms with Gasteiger partial charge in [0.25, 0.3) is 0 Å². The van der Waals surface area contributed by atoms with E-state index in [1.54, 1.807) is 6.07 Å². The molecule has 3 aliphatic rings. The van der Waals surface area contributed by atoms with Crippen molar-refractivity contribution in [1.82, 2.24) is 15.1 Å². The summed E-state index contributed by atoms with van der Waals surface area (Å²) in [5.41, 5.74) is 1.51. The molecule has 1 aromatic carbocycles. The third kappa shape index (κ3) is 2.89. The number of nitrogens with zero attached hydrogens (tertiary/aromatic N) is 3. The summed E-state index contributed by atoms with van der Waals surface area (Å²) in [5, 5.41) is 3.03. The van der Waals surface area contributed by atoms with Gasteiger partial charge in [-0.3, -0.25) is 9.69 Å². The summed E-state index contributed by atoms with van der Waals surface area (Å²) >= 11 is 1.81. The van der Waals surface area contributed by atoms with Crippen LogP contribution in [0.2, 0.25) is 0 Å². The molecule has 3 fully saturated rings. The molecule has 5 nitrogen and oxygen atoms in total. The van der Waals surface area contributed by atoms with Gasteiger partial charge in [0, 0.05) is 44.2 Å². The van der Waals surface area contributed by atoms with Crippen molar-refractivity contribution in [2.24, 2.45) is 0 Å². The lowest BCUT2D eigenvalue weighted by molar-refractivity contribution is -0.121. The maximum Gasteiger partial charge on any atom is 0.239 e. The first-order valence-electron chi connectivity index (χ1n) is 8.50. The zero-order chi connectivity index (χ0) is 16.7. The number of rotatable bonds is 2.